The first kappa shape index (κ1) is 34.0. The number of aliphatic carboxylic acids is 1. The minimum Gasteiger partial charge on any atom is -0.475 e. The van der Waals surface area contributed by atoms with Crippen LogP contribution in [-0.4, -0.2) is 108 Å². The number of carbonyl (C=O) groups is 1. The SMILES string of the molecule is O=C(O)C(F)(F)F.OC[C@@H]1CCCN1c1nc(NCC(c2ccccc2)c2ccccc2)c2ncn([C@@H]3O[C@H](CO)[C@@H](O)[C@H]3O)c2n1. The lowest BCUT2D eigenvalue weighted by molar-refractivity contribution is -0.192. The van der Waals surface area contributed by atoms with Crippen molar-refractivity contribution >= 4 is 28.9 Å². The summed E-state index contributed by atoms with van der Waals surface area (Å²) in [6, 6.07) is 20.4. The first-order valence-electron chi connectivity index (χ1n) is 14.9. The Morgan fingerprint density at radius 2 is 1.60 bits per heavy atom. The zero-order valence-electron chi connectivity index (χ0n) is 25.0. The van der Waals surface area contributed by atoms with E-state index in [1.54, 1.807) is 4.57 Å². The van der Waals surface area contributed by atoms with Gasteiger partial charge in [0.25, 0.3) is 0 Å². The van der Waals surface area contributed by atoms with Gasteiger partial charge in [0.05, 0.1) is 25.6 Å². The number of halogens is 3. The fourth-order valence-electron chi connectivity index (χ4n) is 5.74. The van der Waals surface area contributed by atoms with Crippen LogP contribution in [0.2, 0.25) is 0 Å². The van der Waals surface area contributed by atoms with Gasteiger partial charge < -0.3 is 40.5 Å². The molecule has 2 aromatic carbocycles. The molecule has 0 bridgehead atoms. The molecule has 2 aromatic heterocycles. The summed E-state index contributed by atoms with van der Waals surface area (Å²) >= 11 is 0. The number of carboxylic acid groups (broad SMARTS) is 1. The topological polar surface area (TPSA) is 186 Å². The quantitative estimate of drug-likeness (QED) is 0.154. The van der Waals surface area contributed by atoms with Crippen LogP contribution in [0.15, 0.2) is 67.0 Å². The molecular weight excluding hydrogens is 625 g/mol. The van der Waals surface area contributed by atoms with E-state index >= 15 is 0 Å². The summed E-state index contributed by atoms with van der Waals surface area (Å²) in [7, 11) is 0. The number of benzene rings is 2. The largest absolute Gasteiger partial charge is 0.490 e. The lowest BCUT2D eigenvalue weighted by atomic mass is 9.91. The number of ether oxygens (including phenoxy) is 1. The van der Waals surface area contributed by atoms with E-state index in [0.717, 1.165) is 24.0 Å². The summed E-state index contributed by atoms with van der Waals surface area (Å²) in [5, 5.41) is 51.3. The molecule has 0 radical (unpaired) electrons. The zero-order valence-corrected chi connectivity index (χ0v) is 25.0. The predicted octanol–water partition coefficient (Wildman–Crippen LogP) is 2.28. The molecule has 0 amide bonds. The van der Waals surface area contributed by atoms with E-state index in [4.69, 9.17) is 24.6 Å². The van der Waals surface area contributed by atoms with Crippen LogP contribution in [0.5, 0.6) is 0 Å². The fraction of sp³-hybridized carbons (Fsp3) is 0.419. The number of aliphatic hydroxyl groups excluding tert-OH is 4. The number of nitrogens with one attached hydrogen (secondary N) is 1. The summed E-state index contributed by atoms with van der Waals surface area (Å²) < 4.78 is 39.1. The van der Waals surface area contributed by atoms with Crippen molar-refractivity contribution in [2.75, 3.05) is 36.5 Å². The highest BCUT2D eigenvalue weighted by Crippen LogP contribution is 2.35. The van der Waals surface area contributed by atoms with Gasteiger partial charge in [-0.2, -0.15) is 23.1 Å². The number of nitrogens with zero attached hydrogens (tertiary/aromatic N) is 5. The monoisotopic (exact) mass is 660 g/mol. The zero-order chi connectivity index (χ0) is 33.7. The van der Waals surface area contributed by atoms with Crippen molar-refractivity contribution in [1.29, 1.82) is 0 Å². The van der Waals surface area contributed by atoms with Gasteiger partial charge in [-0.05, 0) is 24.0 Å². The normalized spacial score (nSPS) is 22.8. The van der Waals surface area contributed by atoms with E-state index in [1.165, 1.54) is 6.33 Å². The summed E-state index contributed by atoms with van der Waals surface area (Å²) in [4.78, 5) is 25.1. The Hall–Kier alpha value is -4.35. The first-order chi connectivity index (χ1) is 22.5. The van der Waals surface area contributed by atoms with Crippen molar-refractivity contribution in [2.45, 2.75) is 55.5 Å². The van der Waals surface area contributed by atoms with E-state index in [2.05, 4.69) is 34.6 Å². The maximum absolute atomic E-state index is 10.7. The van der Waals surface area contributed by atoms with Crippen LogP contribution in [-0.2, 0) is 9.53 Å². The fourth-order valence-corrected chi connectivity index (χ4v) is 5.74. The predicted molar refractivity (Wildman–Crippen MR) is 163 cm³/mol. The first-order valence-corrected chi connectivity index (χ1v) is 14.9. The molecule has 0 unspecified atom stereocenters. The molecule has 0 aliphatic carbocycles. The number of aliphatic hydroxyl groups is 4. The average Bonchev–Trinajstić information content (AvgIpc) is 3.79. The molecule has 16 heteroatoms. The van der Waals surface area contributed by atoms with Gasteiger partial charge in [-0.15, -0.1) is 0 Å². The third kappa shape index (κ3) is 7.47. The van der Waals surface area contributed by atoms with Crippen molar-refractivity contribution in [1.82, 2.24) is 19.5 Å². The van der Waals surface area contributed by atoms with Crippen molar-refractivity contribution in [2.24, 2.45) is 0 Å². The van der Waals surface area contributed by atoms with Crippen LogP contribution >= 0.6 is 0 Å². The second-order valence-electron chi connectivity index (χ2n) is 11.2. The molecule has 2 saturated heterocycles. The van der Waals surface area contributed by atoms with Crippen molar-refractivity contribution in [3.63, 3.8) is 0 Å². The second kappa shape index (κ2) is 14.6. The molecule has 0 spiro atoms. The highest BCUT2D eigenvalue weighted by Gasteiger charge is 2.44. The molecule has 13 nitrogen and oxygen atoms in total. The number of hydrogen-bond acceptors (Lipinski definition) is 11. The Labute approximate surface area is 266 Å². The molecular formula is C31H35F3N6O7. The molecule has 47 heavy (non-hydrogen) atoms. The van der Waals surface area contributed by atoms with Crippen molar-refractivity contribution in [3.8, 4) is 0 Å². The third-order valence-corrected chi connectivity index (χ3v) is 8.17. The van der Waals surface area contributed by atoms with Gasteiger partial charge >= 0.3 is 12.1 Å². The Morgan fingerprint density at radius 3 is 2.13 bits per heavy atom. The average molecular weight is 661 g/mol. The minimum atomic E-state index is -5.08. The Bertz CT molecular complexity index is 1590. The van der Waals surface area contributed by atoms with Gasteiger partial charge in [0.2, 0.25) is 5.95 Å². The maximum Gasteiger partial charge on any atom is 0.490 e. The van der Waals surface area contributed by atoms with E-state index in [-0.39, 0.29) is 18.6 Å². The van der Waals surface area contributed by atoms with E-state index in [1.807, 2.05) is 41.3 Å². The number of imidazole rings is 1. The lowest BCUT2D eigenvalue weighted by Crippen LogP contribution is -2.34. The smallest absolute Gasteiger partial charge is 0.475 e. The molecule has 2 aliphatic heterocycles. The molecule has 4 heterocycles. The second-order valence-corrected chi connectivity index (χ2v) is 11.2. The van der Waals surface area contributed by atoms with Crippen LogP contribution in [0.1, 0.15) is 36.1 Å². The standard InChI is InChI=1S/C29H34N6O5.C2HF3O2/c36-15-20-12-7-13-34(20)29-32-26(30-14-21(18-8-3-1-4-9-18)19-10-5-2-6-11-19)23-27(33-29)35(17-31-23)28-25(39)24(38)22(16-37)40-28;3-2(4,5)1(6)7/h1-6,8-11,17,20-22,24-25,28,36-39H,7,12-16H2,(H,30,32,33);(H,6,7)/t20-,22+,24+,25+,28+;/m0./s1. The number of rotatable bonds is 9. The van der Waals surface area contributed by atoms with E-state index in [0.29, 0.717) is 36.0 Å². The molecule has 6 N–H and O–H groups in total. The summed E-state index contributed by atoms with van der Waals surface area (Å²) in [6.45, 7) is 0.793. The van der Waals surface area contributed by atoms with Gasteiger partial charge in [-0.3, -0.25) is 4.57 Å². The highest BCUT2D eigenvalue weighted by atomic mass is 19.4. The Balaban J connectivity index is 0.000000559. The number of carboxylic acids is 1. The van der Waals surface area contributed by atoms with Crippen molar-refractivity contribution < 1.29 is 48.2 Å². The van der Waals surface area contributed by atoms with Crippen molar-refractivity contribution in [3.05, 3.63) is 78.1 Å². The number of anilines is 2. The number of hydrogen-bond donors (Lipinski definition) is 6. The van der Waals surface area contributed by atoms with Gasteiger partial charge in [-0.1, -0.05) is 60.7 Å². The summed E-state index contributed by atoms with van der Waals surface area (Å²) in [5.74, 6) is -1.76. The van der Waals surface area contributed by atoms with Gasteiger partial charge in [0, 0.05) is 19.0 Å². The molecule has 6 rings (SSSR count). The Morgan fingerprint density at radius 1 is 0.979 bits per heavy atom. The van der Waals surface area contributed by atoms with E-state index < -0.39 is 43.3 Å². The van der Waals surface area contributed by atoms with Crippen LogP contribution in [0, 0.1) is 0 Å². The van der Waals surface area contributed by atoms with Crippen LogP contribution in [0.3, 0.4) is 0 Å². The molecule has 2 aliphatic rings. The molecule has 2 fully saturated rings. The van der Waals surface area contributed by atoms with E-state index in [9.17, 15) is 33.6 Å². The summed E-state index contributed by atoms with van der Waals surface area (Å²) in [6.07, 6.45) is -6.27. The van der Waals surface area contributed by atoms with Gasteiger partial charge in [0.1, 0.15) is 18.3 Å². The number of alkyl halides is 3. The number of aromatic nitrogens is 4. The third-order valence-electron chi connectivity index (χ3n) is 8.17. The highest BCUT2D eigenvalue weighted by molar-refractivity contribution is 5.84. The van der Waals surface area contributed by atoms with Gasteiger partial charge in [-0.25, -0.2) is 9.78 Å². The molecule has 252 valence electrons. The maximum atomic E-state index is 10.7. The minimum absolute atomic E-state index is 0.0116. The molecule has 5 atom stereocenters. The lowest BCUT2D eigenvalue weighted by Gasteiger charge is -2.25. The van der Waals surface area contributed by atoms with Crippen LogP contribution in [0.4, 0.5) is 24.9 Å². The Kier molecular flexibility index (Phi) is 10.6. The molecule has 4 aromatic rings. The molecule has 0 saturated carbocycles. The van der Waals surface area contributed by atoms with Gasteiger partial charge in [0.15, 0.2) is 23.2 Å². The summed E-state index contributed by atoms with van der Waals surface area (Å²) in [5.41, 5.74) is 3.22. The van der Waals surface area contributed by atoms with Crippen LogP contribution < -0.4 is 10.2 Å². The number of fused-ring (bicyclic) bond motifs is 1. The van der Waals surface area contributed by atoms with Crippen LogP contribution in [0.25, 0.3) is 11.2 Å².